The molecule has 0 bridgehead atoms. The van der Waals surface area contributed by atoms with Crippen LogP contribution in [0.1, 0.15) is 16.8 Å². The zero-order valence-corrected chi connectivity index (χ0v) is 10.4. The molecule has 1 N–H and O–H groups in total. The standard InChI is InChI=1S/C13H15ClN2/c1-8-3-4-10-12(14)11-7-15-5-6-16(11)13(10)9(8)2/h3-4,15H,5-7H2,1-2H3. The minimum Gasteiger partial charge on any atom is -0.341 e. The monoisotopic (exact) mass is 234 g/mol. The number of hydrogen-bond acceptors (Lipinski definition) is 1. The minimum absolute atomic E-state index is 0.881. The van der Waals surface area contributed by atoms with Gasteiger partial charge in [-0.25, -0.2) is 0 Å². The van der Waals surface area contributed by atoms with Gasteiger partial charge in [0.2, 0.25) is 0 Å². The first-order valence-electron chi connectivity index (χ1n) is 5.67. The Hall–Kier alpha value is -0.990. The number of halogens is 1. The van der Waals surface area contributed by atoms with E-state index in [4.69, 9.17) is 11.6 Å². The molecule has 0 saturated heterocycles. The van der Waals surface area contributed by atoms with Crippen molar-refractivity contribution in [3.63, 3.8) is 0 Å². The summed E-state index contributed by atoms with van der Waals surface area (Å²) in [6.45, 7) is 7.27. The number of nitrogens with zero attached hydrogens (tertiary/aromatic N) is 1. The third kappa shape index (κ3) is 1.23. The molecule has 3 heteroatoms. The third-order valence-electron chi connectivity index (χ3n) is 3.59. The van der Waals surface area contributed by atoms with Crippen LogP contribution in [0.5, 0.6) is 0 Å². The van der Waals surface area contributed by atoms with Gasteiger partial charge in [-0.2, -0.15) is 0 Å². The van der Waals surface area contributed by atoms with Crippen molar-refractivity contribution in [3.8, 4) is 0 Å². The number of hydrogen-bond donors (Lipinski definition) is 1. The molecule has 16 heavy (non-hydrogen) atoms. The second-order valence-electron chi connectivity index (χ2n) is 4.49. The molecule has 0 atom stereocenters. The summed E-state index contributed by atoms with van der Waals surface area (Å²) in [6, 6.07) is 4.30. The maximum atomic E-state index is 6.44. The van der Waals surface area contributed by atoms with Crippen LogP contribution >= 0.6 is 11.6 Å². The highest BCUT2D eigenvalue weighted by molar-refractivity contribution is 6.36. The first-order valence-corrected chi connectivity index (χ1v) is 6.05. The molecule has 2 nitrogen and oxygen atoms in total. The Bertz CT molecular complexity index is 569. The van der Waals surface area contributed by atoms with Crippen LogP contribution in [0.3, 0.4) is 0 Å². The van der Waals surface area contributed by atoms with Crippen molar-refractivity contribution < 1.29 is 0 Å². The highest BCUT2D eigenvalue weighted by atomic mass is 35.5. The number of aromatic nitrogens is 1. The van der Waals surface area contributed by atoms with Gasteiger partial charge in [0.15, 0.2) is 0 Å². The average Bonchev–Trinajstić information content (AvgIpc) is 2.59. The lowest BCUT2D eigenvalue weighted by Crippen LogP contribution is -2.27. The zero-order chi connectivity index (χ0) is 11.3. The van der Waals surface area contributed by atoms with Crippen LogP contribution < -0.4 is 5.32 Å². The van der Waals surface area contributed by atoms with Crippen molar-refractivity contribution in [1.29, 1.82) is 0 Å². The smallest absolute Gasteiger partial charge is 0.0707 e. The Kier molecular flexibility index (Phi) is 2.23. The van der Waals surface area contributed by atoms with E-state index in [-0.39, 0.29) is 0 Å². The van der Waals surface area contributed by atoms with Gasteiger partial charge >= 0.3 is 0 Å². The Balaban J connectivity index is 2.45. The number of aryl methyl sites for hydroxylation is 2. The first kappa shape index (κ1) is 10.2. The van der Waals surface area contributed by atoms with Gasteiger partial charge in [-0.15, -0.1) is 0 Å². The van der Waals surface area contributed by atoms with Crippen LogP contribution in [0.15, 0.2) is 12.1 Å². The number of fused-ring (bicyclic) bond motifs is 3. The molecule has 1 aliphatic heterocycles. The van der Waals surface area contributed by atoms with Crippen LogP contribution in [0.25, 0.3) is 10.9 Å². The van der Waals surface area contributed by atoms with Crippen LogP contribution in [0, 0.1) is 13.8 Å². The summed E-state index contributed by atoms with van der Waals surface area (Å²) in [5.74, 6) is 0. The summed E-state index contributed by atoms with van der Waals surface area (Å²) >= 11 is 6.44. The molecule has 1 aliphatic rings. The molecule has 0 saturated carbocycles. The fraction of sp³-hybridized carbons (Fsp3) is 0.385. The molecule has 0 radical (unpaired) electrons. The Morgan fingerprint density at radius 2 is 2.12 bits per heavy atom. The summed E-state index contributed by atoms with van der Waals surface area (Å²) in [4.78, 5) is 0. The summed E-state index contributed by atoms with van der Waals surface area (Å²) in [5, 5.41) is 5.49. The minimum atomic E-state index is 0.881. The maximum absolute atomic E-state index is 6.44. The van der Waals surface area contributed by atoms with E-state index >= 15 is 0 Å². The van der Waals surface area contributed by atoms with Crippen molar-refractivity contribution in [2.45, 2.75) is 26.9 Å². The predicted octanol–water partition coefficient (Wildman–Crippen LogP) is 3.01. The molecule has 0 fully saturated rings. The van der Waals surface area contributed by atoms with Crippen molar-refractivity contribution in [2.75, 3.05) is 6.54 Å². The summed E-state index contributed by atoms with van der Waals surface area (Å²) in [5.41, 5.74) is 5.24. The van der Waals surface area contributed by atoms with E-state index in [0.29, 0.717) is 0 Å². The fourth-order valence-corrected chi connectivity index (χ4v) is 2.87. The molecule has 1 aromatic heterocycles. The van der Waals surface area contributed by atoms with E-state index in [9.17, 15) is 0 Å². The van der Waals surface area contributed by atoms with Gasteiger partial charge in [0.25, 0.3) is 0 Å². The van der Waals surface area contributed by atoms with E-state index in [1.807, 2.05) is 0 Å². The lowest BCUT2D eigenvalue weighted by molar-refractivity contribution is 0.526. The van der Waals surface area contributed by atoms with Crippen LogP contribution in [-0.2, 0) is 13.1 Å². The first-order chi connectivity index (χ1) is 7.70. The molecule has 2 heterocycles. The number of benzene rings is 1. The molecule has 0 aliphatic carbocycles. The second-order valence-corrected chi connectivity index (χ2v) is 4.87. The molecular weight excluding hydrogens is 220 g/mol. The number of nitrogens with one attached hydrogen (secondary N) is 1. The molecule has 0 spiro atoms. The summed E-state index contributed by atoms with van der Waals surface area (Å²) in [7, 11) is 0. The Morgan fingerprint density at radius 1 is 1.31 bits per heavy atom. The Morgan fingerprint density at radius 3 is 2.94 bits per heavy atom. The van der Waals surface area contributed by atoms with Crippen LogP contribution in [0.4, 0.5) is 0 Å². The van der Waals surface area contributed by atoms with E-state index < -0.39 is 0 Å². The lowest BCUT2D eigenvalue weighted by atomic mass is 10.1. The molecule has 2 aromatic rings. The SMILES string of the molecule is Cc1ccc2c(Cl)c3n(c2c1C)CCNC3. The predicted molar refractivity (Wildman–Crippen MR) is 68.1 cm³/mol. The highest BCUT2D eigenvalue weighted by Crippen LogP contribution is 2.34. The fourth-order valence-electron chi connectivity index (χ4n) is 2.55. The van der Waals surface area contributed by atoms with Crippen molar-refractivity contribution in [1.82, 2.24) is 9.88 Å². The van der Waals surface area contributed by atoms with Gasteiger partial charge in [0, 0.05) is 25.0 Å². The van der Waals surface area contributed by atoms with E-state index in [1.165, 1.54) is 27.7 Å². The molecule has 0 amide bonds. The van der Waals surface area contributed by atoms with Crippen molar-refractivity contribution in [3.05, 3.63) is 34.0 Å². The third-order valence-corrected chi connectivity index (χ3v) is 4.01. The molecule has 0 unspecified atom stereocenters. The van der Waals surface area contributed by atoms with E-state index in [2.05, 4.69) is 35.9 Å². The Labute approximate surface area is 100 Å². The topological polar surface area (TPSA) is 17.0 Å². The largest absolute Gasteiger partial charge is 0.341 e. The van der Waals surface area contributed by atoms with Crippen molar-refractivity contribution >= 4 is 22.5 Å². The normalized spacial score (nSPS) is 15.4. The summed E-state index contributed by atoms with van der Waals surface area (Å²) < 4.78 is 2.37. The van der Waals surface area contributed by atoms with Crippen LogP contribution in [0.2, 0.25) is 5.02 Å². The van der Waals surface area contributed by atoms with Crippen molar-refractivity contribution in [2.24, 2.45) is 0 Å². The molecule has 84 valence electrons. The van der Waals surface area contributed by atoms with Gasteiger partial charge in [-0.05, 0) is 25.0 Å². The van der Waals surface area contributed by atoms with E-state index in [0.717, 1.165) is 24.7 Å². The van der Waals surface area contributed by atoms with Gasteiger partial charge in [0.1, 0.15) is 0 Å². The second kappa shape index (κ2) is 3.51. The van der Waals surface area contributed by atoms with Gasteiger partial charge in [-0.3, -0.25) is 0 Å². The van der Waals surface area contributed by atoms with Gasteiger partial charge in [-0.1, -0.05) is 23.7 Å². The quantitative estimate of drug-likeness (QED) is 0.742. The van der Waals surface area contributed by atoms with Gasteiger partial charge < -0.3 is 9.88 Å². The molecule has 1 aromatic carbocycles. The van der Waals surface area contributed by atoms with Crippen LogP contribution in [-0.4, -0.2) is 11.1 Å². The van der Waals surface area contributed by atoms with Gasteiger partial charge in [0.05, 0.1) is 16.2 Å². The average molecular weight is 235 g/mol. The highest BCUT2D eigenvalue weighted by Gasteiger charge is 2.19. The number of rotatable bonds is 0. The van der Waals surface area contributed by atoms with E-state index in [1.54, 1.807) is 0 Å². The molecule has 3 rings (SSSR count). The zero-order valence-electron chi connectivity index (χ0n) is 9.60. The molecular formula is C13H15ClN2. The maximum Gasteiger partial charge on any atom is 0.0707 e. The lowest BCUT2D eigenvalue weighted by Gasteiger charge is -2.18. The summed E-state index contributed by atoms with van der Waals surface area (Å²) in [6.07, 6.45) is 0.